The molecule has 5 N–H and O–H groups in total. The molecule has 0 bridgehead atoms. The Balaban J connectivity index is 0.000000431. The molecular formula is C25H28FN5O4. The van der Waals surface area contributed by atoms with Crippen molar-refractivity contribution in [3.8, 4) is 0 Å². The highest BCUT2D eigenvalue weighted by Crippen LogP contribution is 2.33. The molecule has 10 heteroatoms. The molecule has 0 saturated carbocycles. The van der Waals surface area contributed by atoms with E-state index in [1.165, 1.54) is 13.0 Å². The van der Waals surface area contributed by atoms with Crippen LogP contribution in [0.2, 0.25) is 0 Å². The monoisotopic (exact) mass is 481 g/mol. The number of likely N-dealkylation sites (N-methyl/N-ethyl adjacent to an activating group) is 1. The standard InChI is InChI=1S/C22H22FN5O.C3H6O3/c1-27-7-9-28(10-8-27)14-5-6-16-17(12-14)26-22(25-16)20-18(29)11-13-3-2-4-15(23)19(13)21(20)24;1-2(4)3(5)6/h2-6,12H,7-11,24H2,1H3,(H,25,26);2,4H,1H3,(H,5,6). The number of halogens is 1. The van der Waals surface area contributed by atoms with Crippen molar-refractivity contribution in [3.05, 3.63) is 59.2 Å². The highest BCUT2D eigenvalue weighted by atomic mass is 19.1. The molecule has 1 atom stereocenters. The average Bonchev–Trinajstić information content (AvgIpc) is 3.22. The van der Waals surface area contributed by atoms with E-state index in [0.29, 0.717) is 17.0 Å². The van der Waals surface area contributed by atoms with Crippen LogP contribution >= 0.6 is 0 Å². The molecule has 9 nitrogen and oxygen atoms in total. The first-order valence-electron chi connectivity index (χ1n) is 11.3. The number of nitrogens with two attached hydrogens (primary N) is 1. The van der Waals surface area contributed by atoms with Gasteiger partial charge in [-0.15, -0.1) is 0 Å². The third-order valence-electron chi connectivity index (χ3n) is 6.20. The fourth-order valence-electron chi connectivity index (χ4n) is 4.19. The number of Topliss-reactive ketones (excluding diaryl/α,β-unsaturated/α-hetero) is 1. The van der Waals surface area contributed by atoms with Crippen molar-refractivity contribution in [3.63, 3.8) is 0 Å². The Bertz CT molecular complexity index is 1310. The van der Waals surface area contributed by atoms with Crippen molar-refractivity contribution >= 4 is 39.7 Å². The summed E-state index contributed by atoms with van der Waals surface area (Å²) in [6.45, 7) is 5.18. The lowest BCUT2D eigenvalue weighted by Crippen LogP contribution is -2.44. The van der Waals surface area contributed by atoms with E-state index >= 15 is 0 Å². The summed E-state index contributed by atoms with van der Waals surface area (Å²) >= 11 is 0. The van der Waals surface area contributed by atoms with E-state index in [0.717, 1.165) is 42.9 Å². The Kier molecular flexibility index (Phi) is 6.86. The summed E-state index contributed by atoms with van der Waals surface area (Å²) in [7, 11) is 2.13. The van der Waals surface area contributed by atoms with Crippen molar-refractivity contribution in [1.82, 2.24) is 14.9 Å². The van der Waals surface area contributed by atoms with Crippen LogP contribution in [-0.2, 0) is 16.0 Å². The molecule has 1 aliphatic carbocycles. The number of carbonyl (C=O) groups is 2. The molecule has 1 aliphatic heterocycles. The zero-order valence-electron chi connectivity index (χ0n) is 19.6. The second-order valence-electron chi connectivity index (χ2n) is 8.75. The molecule has 3 aromatic rings. The predicted molar refractivity (Wildman–Crippen MR) is 131 cm³/mol. The number of carboxylic acid groups (broad SMARTS) is 1. The number of anilines is 1. The Morgan fingerprint density at radius 1 is 1.20 bits per heavy atom. The lowest BCUT2D eigenvalue weighted by atomic mass is 9.88. The van der Waals surface area contributed by atoms with Crippen LogP contribution in [0.15, 0.2) is 36.4 Å². The van der Waals surface area contributed by atoms with Crippen LogP contribution in [0.25, 0.3) is 22.3 Å². The number of nitrogens with zero attached hydrogens (tertiary/aromatic N) is 3. The summed E-state index contributed by atoms with van der Waals surface area (Å²) in [4.78, 5) is 34.7. The average molecular weight is 482 g/mol. The van der Waals surface area contributed by atoms with Gasteiger partial charge < -0.3 is 30.7 Å². The summed E-state index contributed by atoms with van der Waals surface area (Å²) in [6.07, 6.45) is -1.11. The van der Waals surface area contributed by atoms with Crippen LogP contribution in [0.3, 0.4) is 0 Å². The number of piperazine rings is 1. The van der Waals surface area contributed by atoms with E-state index < -0.39 is 17.9 Å². The largest absolute Gasteiger partial charge is 0.479 e. The van der Waals surface area contributed by atoms with E-state index in [2.05, 4.69) is 32.9 Å². The van der Waals surface area contributed by atoms with Crippen LogP contribution in [0.4, 0.5) is 10.1 Å². The molecule has 1 aromatic heterocycles. The summed E-state index contributed by atoms with van der Waals surface area (Å²) < 4.78 is 14.4. The highest BCUT2D eigenvalue weighted by Gasteiger charge is 2.29. The molecule has 1 saturated heterocycles. The van der Waals surface area contributed by atoms with Crippen LogP contribution in [0.5, 0.6) is 0 Å². The maximum atomic E-state index is 14.4. The maximum absolute atomic E-state index is 14.4. The first kappa shape index (κ1) is 24.4. The number of benzene rings is 2. The van der Waals surface area contributed by atoms with Crippen molar-refractivity contribution in [2.75, 3.05) is 38.1 Å². The molecular weight excluding hydrogens is 453 g/mol. The number of imidazole rings is 1. The van der Waals surface area contributed by atoms with E-state index in [-0.39, 0.29) is 23.5 Å². The maximum Gasteiger partial charge on any atom is 0.332 e. The third-order valence-corrected chi connectivity index (χ3v) is 6.20. The zero-order chi connectivity index (χ0) is 25.3. The molecule has 35 heavy (non-hydrogen) atoms. The minimum Gasteiger partial charge on any atom is -0.479 e. The lowest BCUT2D eigenvalue weighted by molar-refractivity contribution is -0.145. The zero-order valence-corrected chi connectivity index (χ0v) is 19.6. The summed E-state index contributed by atoms with van der Waals surface area (Å²) in [5.41, 5.74) is 10.3. The second-order valence-corrected chi connectivity index (χ2v) is 8.75. The van der Waals surface area contributed by atoms with E-state index in [9.17, 15) is 14.0 Å². The molecule has 2 aromatic carbocycles. The number of aromatic amines is 1. The minimum atomic E-state index is -1.23. The van der Waals surface area contributed by atoms with Crippen molar-refractivity contribution in [2.45, 2.75) is 19.4 Å². The predicted octanol–water partition coefficient (Wildman–Crippen LogP) is 1.86. The number of carbonyl (C=O) groups excluding carboxylic acids is 1. The number of nitrogens with one attached hydrogen (secondary N) is 1. The number of aliphatic hydroxyl groups is 1. The molecule has 5 rings (SSSR count). The molecule has 184 valence electrons. The van der Waals surface area contributed by atoms with Gasteiger partial charge in [-0.1, -0.05) is 12.1 Å². The number of allylic oxidation sites excluding steroid dienone is 1. The van der Waals surface area contributed by atoms with Crippen LogP contribution in [-0.4, -0.2) is 76.2 Å². The fourth-order valence-corrected chi connectivity index (χ4v) is 4.19. The van der Waals surface area contributed by atoms with Crippen molar-refractivity contribution < 1.29 is 24.2 Å². The number of aliphatic hydroxyl groups excluding tert-OH is 1. The van der Waals surface area contributed by atoms with E-state index in [1.54, 1.807) is 12.1 Å². The minimum absolute atomic E-state index is 0.118. The van der Waals surface area contributed by atoms with E-state index in [4.69, 9.17) is 15.9 Å². The first-order chi connectivity index (χ1) is 16.7. The van der Waals surface area contributed by atoms with Gasteiger partial charge in [-0.3, -0.25) is 4.79 Å². The first-order valence-corrected chi connectivity index (χ1v) is 11.3. The molecule has 1 fully saturated rings. The van der Waals surface area contributed by atoms with Gasteiger partial charge in [0.1, 0.15) is 17.7 Å². The second kappa shape index (κ2) is 9.85. The lowest BCUT2D eigenvalue weighted by Gasteiger charge is -2.34. The summed E-state index contributed by atoms with van der Waals surface area (Å²) in [5.74, 6) is -1.36. The Morgan fingerprint density at radius 3 is 2.54 bits per heavy atom. The third kappa shape index (κ3) is 5.03. The topological polar surface area (TPSA) is 136 Å². The van der Waals surface area contributed by atoms with Gasteiger partial charge in [0.05, 0.1) is 22.3 Å². The van der Waals surface area contributed by atoms with Gasteiger partial charge in [0.15, 0.2) is 5.78 Å². The quantitative estimate of drug-likeness (QED) is 0.445. The molecule has 2 aliphatic rings. The van der Waals surface area contributed by atoms with Gasteiger partial charge in [0.25, 0.3) is 0 Å². The number of H-pyrrole nitrogens is 1. The molecule has 0 spiro atoms. The van der Waals surface area contributed by atoms with Crippen molar-refractivity contribution in [1.29, 1.82) is 0 Å². The number of aromatic nitrogens is 2. The normalized spacial score (nSPS) is 17.1. The molecule has 0 radical (unpaired) electrons. The van der Waals surface area contributed by atoms with Crippen LogP contribution in [0, 0.1) is 5.82 Å². The Hall–Kier alpha value is -3.76. The molecule has 1 unspecified atom stereocenters. The SMILES string of the molecule is CC(O)C(=O)O.CN1CCN(c2ccc3nc(C4=C(N)c5c(F)cccc5CC4=O)[nH]c3c2)CC1. The number of aliphatic carboxylic acids is 1. The Labute approximate surface area is 201 Å². The number of rotatable bonds is 3. The number of fused-ring (bicyclic) bond motifs is 2. The van der Waals surface area contributed by atoms with Gasteiger partial charge in [0.2, 0.25) is 0 Å². The van der Waals surface area contributed by atoms with Gasteiger partial charge in [-0.2, -0.15) is 0 Å². The molecule has 0 amide bonds. The van der Waals surface area contributed by atoms with Crippen LogP contribution < -0.4 is 10.6 Å². The highest BCUT2D eigenvalue weighted by molar-refractivity contribution is 6.29. The Morgan fingerprint density at radius 2 is 1.89 bits per heavy atom. The number of ketones is 1. The van der Waals surface area contributed by atoms with Gasteiger partial charge >= 0.3 is 5.97 Å². The summed E-state index contributed by atoms with van der Waals surface area (Å²) in [5, 5.41) is 15.8. The van der Waals surface area contributed by atoms with Gasteiger partial charge in [-0.25, -0.2) is 14.2 Å². The van der Waals surface area contributed by atoms with Gasteiger partial charge in [0, 0.05) is 43.9 Å². The van der Waals surface area contributed by atoms with E-state index in [1.807, 2.05) is 12.1 Å². The smallest absolute Gasteiger partial charge is 0.332 e. The van der Waals surface area contributed by atoms with Crippen molar-refractivity contribution in [2.24, 2.45) is 5.73 Å². The van der Waals surface area contributed by atoms with Crippen LogP contribution in [0.1, 0.15) is 23.9 Å². The molecule has 2 heterocycles. The number of hydrogen-bond donors (Lipinski definition) is 4. The fraction of sp³-hybridized carbons (Fsp3) is 0.320. The number of carboxylic acids is 1. The number of hydrogen-bond acceptors (Lipinski definition) is 7. The summed E-state index contributed by atoms with van der Waals surface area (Å²) in [6, 6.07) is 10.7. The van der Waals surface area contributed by atoms with Gasteiger partial charge in [-0.05, 0) is 43.8 Å².